The molecule has 0 atom stereocenters. The van der Waals surface area contributed by atoms with Crippen LogP contribution < -0.4 is 10.2 Å². The zero-order chi connectivity index (χ0) is 22.9. The van der Waals surface area contributed by atoms with Gasteiger partial charge in [0.2, 0.25) is 5.91 Å². The Morgan fingerprint density at radius 2 is 1.67 bits per heavy atom. The molecule has 6 heteroatoms. The lowest BCUT2D eigenvalue weighted by atomic mass is 9.95. The zero-order valence-electron chi connectivity index (χ0n) is 19.4. The van der Waals surface area contributed by atoms with E-state index in [1.165, 1.54) is 5.56 Å². The van der Waals surface area contributed by atoms with E-state index in [0.29, 0.717) is 0 Å². The van der Waals surface area contributed by atoms with Crippen LogP contribution in [0.25, 0.3) is 16.8 Å². The van der Waals surface area contributed by atoms with Crippen molar-refractivity contribution in [3.05, 3.63) is 77.6 Å². The van der Waals surface area contributed by atoms with Gasteiger partial charge in [-0.2, -0.15) is 9.61 Å². The number of anilines is 2. The standard InChI is InChI=1S/C27H29N5O/c1-18-9-11-21(12-10-18)25-20(3)30-32-24(17-19(2)28-26(25)32)31-15-13-22(14-16-31)27(33)29-23-7-5-4-6-8-23/h4-12,17,22H,13-16H2,1-3H3,(H,29,33). The lowest BCUT2D eigenvalue weighted by Crippen LogP contribution is -2.39. The Kier molecular flexibility index (Phi) is 5.58. The molecule has 1 fully saturated rings. The molecule has 2 aromatic heterocycles. The molecule has 1 saturated heterocycles. The van der Waals surface area contributed by atoms with Gasteiger partial charge >= 0.3 is 0 Å². The topological polar surface area (TPSA) is 62.5 Å². The van der Waals surface area contributed by atoms with Gasteiger partial charge in [0.15, 0.2) is 5.65 Å². The second-order valence-electron chi connectivity index (χ2n) is 8.93. The number of carbonyl (C=O) groups is 1. The molecule has 0 saturated carbocycles. The number of hydrogen-bond donors (Lipinski definition) is 1. The molecule has 1 aliphatic rings. The summed E-state index contributed by atoms with van der Waals surface area (Å²) in [5.41, 5.74) is 7.12. The van der Waals surface area contributed by atoms with Crippen LogP contribution in [0.3, 0.4) is 0 Å². The van der Waals surface area contributed by atoms with Gasteiger partial charge in [0, 0.05) is 42.0 Å². The van der Waals surface area contributed by atoms with Crippen LogP contribution in [0.4, 0.5) is 11.5 Å². The molecule has 1 aliphatic heterocycles. The van der Waals surface area contributed by atoms with E-state index < -0.39 is 0 Å². The van der Waals surface area contributed by atoms with Crippen molar-refractivity contribution in [2.75, 3.05) is 23.3 Å². The van der Waals surface area contributed by atoms with Crippen LogP contribution >= 0.6 is 0 Å². The molecule has 33 heavy (non-hydrogen) atoms. The number of carbonyl (C=O) groups excluding carboxylic acids is 1. The second-order valence-corrected chi connectivity index (χ2v) is 8.93. The minimum Gasteiger partial charge on any atom is -0.356 e. The van der Waals surface area contributed by atoms with Gasteiger partial charge in [0.05, 0.1) is 5.69 Å². The molecule has 1 amide bonds. The first kappa shape index (κ1) is 21.2. The van der Waals surface area contributed by atoms with Crippen LogP contribution in [-0.4, -0.2) is 33.6 Å². The maximum absolute atomic E-state index is 12.7. The molecule has 2 aromatic carbocycles. The second kappa shape index (κ2) is 8.70. The Morgan fingerprint density at radius 1 is 0.970 bits per heavy atom. The van der Waals surface area contributed by atoms with Gasteiger partial charge in [-0.3, -0.25) is 4.79 Å². The third-order valence-electron chi connectivity index (χ3n) is 6.44. The molecule has 0 aliphatic carbocycles. The van der Waals surface area contributed by atoms with Crippen LogP contribution in [0.2, 0.25) is 0 Å². The lowest BCUT2D eigenvalue weighted by Gasteiger charge is -2.33. The van der Waals surface area contributed by atoms with Crippen LogP contribution in [0.15, 0.2) is 60.7 Å². The number of rotatable bonds is 4. The Balaban J connectivity index is 1.39. The lowest BCUT2D eigenvalue weighted by molar-refractivity contribution is -0.120. The predicted molar refractivity (Wildman–Crippen MR) is 133 cm³/mol. The number of hydrogen-bond acceptors (Lipinski definition) is 4. The molecular formula is C27H29N5O. The first-order chi connectivity index (χ1) is 16.0. The number of nitrogens with zero attached hydrogens (tertiary/aromatic N) is 4. The van der Waals surface area contributed by atoms with Gasteiger partial charge in [-0.05, 0) is 51.3 Å². The summed E-state index contributed by atoms with van der Waals surface area (Å²) < 4.78 is 1.97. The fourth-order valence-electron chi connectivity index (χ4n) is 4.65. The number of aryl methyl sites for hydroxylation is 3. The van der Waals surface area contributed by atoms with E-state index in [0.717, 1.165) is 65.6 Å². The van der Waals surface area contributed by atoms with Crippen molar-refractivity contribution >= 4 is 23.1 Å². The molecule has 5 rings (SSSR count). The third kappa shape index (κ3) is 4.21. The number of para-hydroxylation sites is 1. The highest BCUT2D eigenvalue weighted by molar-refractivity contribution is 5.92. The van der Waals surface area contributed by atoms with E-state index >= 15 is 0 Å². The van der Waals surface area contributed by atoms with Crippen molar-refractivity contribution in [2.45, 2.75) is 33.6 Å². The summed E-state index contributed by atoms with van der Waals surface area (Å²) in [6, 6.07) is 20.3. The van der Waals surface area contributed by atoms with E-state index in [4.69, 9.17) is 10.1 Å². The SMILES string of the molecule is Cc1ccc(-c2c(C)nn3c(N4CCC(C(=O)Nc5ccccc5)CC4)cc(C)nc23)cc1. The fourth-order valence-corrected chi connectivity index (χ4v) is 4.65. The molecule has 3 heterocycles. The number of benzene rings is 2. The van der Waals surface area contributed by atoms with Crippen LogP contribution in [0.1, 0.15) is 29.8 Å². The van der Waals surface area contributed by atoms with Gasteiger partial charge in [-0.1, -0.05) is 48.0 Å². The van der Waals surface area contributed by atoms with Crippen molar-refractivity contribution in [3.8, 4) is 11.1 Å². The summed E-state index contributed by atoms with van der Waals surface area (Å²) in [7, 11) is 0. The maximum atomic E-state index is 12.7. The summed E-state index contributed by atoms with van der Waals surface area (Å²) in [5, 5.41) is 7.92. The fraction of sp³-hybridized carbons (Fsp3) is 0.296. The molecule has 0 spiro atoms. The van der Waals surface area contributed by atoms with Gasteiger partial charge < -0.3 is 10.2 Å². The number of nitrogens with one attached hydrogen (secondary N) is 1. The Morgan fingerprint density at radius 3 is 2.36 bits per heavy atom. The zero-order valence-corrected chi connectivity index (χ0v) is 19.4. The van der Waals surface area contributed by atoms with E-state index in [2.05, 4.69) is 47.5 Å². The summed E-state index contributed by atoms with van der Waals surface area (Å²) >= 11 is 0. The first-order valence-electron chi connectivity index (χ1n) is 11.5. The summed E-state index contributed by atoms with van der Waals surface area (Å²) in [6.07, 6.45) is 1.62. The van der Waals surface area contributed by atoms with Gasteiger partial charge in [0.1, 0.15) is 5.82 Å². The summed E-state index contributed by atoms with van der Waals surface area (Å²) in [5.74, 6) is 1.16. The molecule has 0 bridgehead atoms. The average molecular weight is 440 g/mol. The molecule has 6 nitrogen and oxygen atoms in total. The van der Waals surface area contributed by atoms with Crippen molar-refractivity contribution in [3.63, 3.8) is 0 Å². The van der Waals surface area contributed by atoms with Crippen molar-refractivity contribution in [1.29, 1.82) is 0 Å². The molecule has 0 unspecified atom stereocenters. The van der Waals surface area contributed by atoms with E-state index in [-0.39, 0.29) is 11.8 Å². The summed E-state index contributed by atoms with van der Waals surface area (Å²) in [4.78, 5) is 19.9. The number of piperidine rings is 1. The van der Waals surface area contributed by atoms with Gasteiger partial charge in [0.25, 0.3) is 0 Å². The Labute approximate surface area is 194 Å². The van der Waals surface area contributed by atoms with E-state index in [1.54, 1.807) is 0 Å². The molecule has 0 radical (unpaired) electrons. The molecule has 168 valence electrons. The number of aromatic nitrogens is 3. The van der Waals surface area contributed by atoms with Crippen LogP contribution in [-0.2, 0) is 4.79 Å². The van der Waals surface area contributed by atoms with E-state index in [1.807, 2.05) is 48.7 Å². The first-order valence-corrected chi connectivity index (χ1v) is 11.5. The van der Waals surface area contributed by atoms with Crippen molar-refractivity contribution < 1.29 is 4.79 Å². The summed E-state index contributed by atoms with van der Waals surface area (Å²) in [6.45, 7) is 7.79. The van der Waals surface area contributed by atoms with E-state index in [9.17, 15) is 4.79 Å². The smallest absolute Gasteiger partial charge is 0.227 e. The predicted octanol–water partition coefficient (Wildman–Crippen LogP) is 5.18. The largest absolute Gasteiger partial charge is 0.356 e. The maximum Gasteiger partial charge on any atom is 0.227 e. The van der Waals surface area contributed by atoms with Gasteiger partial charge in [-0.15, -0.1) is 0 Å². The van der Waals surface area contributed by atoms with Gasteiger partial charge in [-0.25, -0.2) is 4.98 Å². The normalized spacial score (nSPS) is 14.6. The molecule has 4 aromatic rings. The minimum atomic E-state index is 0.0161. The minimum absolute atomic E-state index is 0.0161. The third-order valence-corrected chi connectivity index (χ3v) is 6.44. The van der Waals surface area contributed by atoms with Crippen molar-refractivity contribution in [1.82, 2.24) is 14.6 Å². The quantitative estimate of drug-likeness (QED) is 0.476. The molecular weight excluding hydrogens is 410 g/mol. The van der Waals surface area contributed by atoms with Crippen LogP contribution in [0.5, 0.6) is 0 Å². The van der Waals surface area contributed by atoms with Crippen LogP contribution in [0, 0.1) is 26.7 Å². The highest BCUT2D eigenvalue weighted by Gasteiger charge is 2.27. The highest BCUT2D eigenvalue weighted by Crippen LogP contribution is 2.32. The highest BCUT2D eigenvalue weighted by atomic mass is 16.1. The monoisotopic (exact) mass is 439 g/mol. The Hall–Kier alpha value is -3.67. The Bertz CT molecular complexity index is 1290. The average Bonchev–Trinajstić information content (AvgIpc) is 3.15. The number of fused-ring (bicyclic) bond motifs is 1. The molecule has 1 N–H and O–H groups in total. The number of amides is 1. The van der Waals surface area contributed by atoms with Crippen molar-refractivity contribution in [2.24, 2.45) is 5.92 Å².